The SMILES string of the molecule is CCNc1cc2c(cn1)c(-c1cnn(C(C)(C)C#N)c1)nn2[C@H]1CC[C@@H](Oc2cccnc2C(F)(F)F)CC1. The van der Waals surface area contributed by atoms with E-state index in [1.165, 1.54) is 12.1 Å². The van der Waals surface area contributed by atoms with Crippen LogP contribution in [0.4, 0.5) is 19.0 Å². The Balaban J connectivity index is 1.42. The van der Waals surface area contributed by atoms with Crippen LogP contribution in [0.5, 0.6) is 5.75 Å². The molecule has 4 heterocycles. The molecule has 0 bridgehead atoms. The number of hydrogen-bond acceptors (Lipinski definition) is 7. The van der Waals surface area contributed by atoms with Gasteiger partial charge in [0.15, 0.2) is 11.4 Å². The number of ether oxygens (including phenoxy) is 1. The first-order valence-electron chi connectivity index (χ1n) is 12.9. The van der Waals surface area contributed by atoms with Crippen molar-refractivity contribution in [2.75, 3.05) is 11.9 Å². The fraction of sp³-hybridized carbons (Fsp3) is 0.444. The predicted octanol–water partition coefficient (Wildman–Crippen LogP) is 5.96. The zero-order valence-electron chi connectivity index (χ0n) is 21.9. The van der Waals surface area contributed by atoms with E-state index >= 15 is 0 Å². The number of fused-ring (bicyclic) bond motifs is 1. The Labute approximate surface area is 223 Å². The van der Waals surface area contributed by atoms with Crippen LogP contribution in [0.25, 0.3) is 22.2 Å². The molecule has 204 valence electrons. The van der Waals surface area contributed by atoms with Crippen LogP contribution in [-0.4, -0.2) is 42.2 Å². The lowest BCUT2D eigenvalue weighted by Gasteiger charge is -2.30. The molecule has 5 rings (SSSR count). The third-order valence-electron chi connectivity index (χ3n) is 6.97. The highest BCUT2D eigenvalue weighted by molar-refractivity contribution is 5.93. The molecule has 0 atom stereocenters. The van der Waals surface area contributed by atoms with Gasteiger partial charge in [-0.3, -0.25) is 9.36 Å². The van der Waals surface area contributed by atoms with Crippen LogP contribution in [0, 0.1) is 11.3 Å². The molecule has 1 fully saturated rings. The van der Waals surface area contributed by atoms with Gasteiger partial charge in [0, 0.05) is 42.2 Å². The summed E-state index contributed by atoms with van der Waals surface area (Å²) in [6.07, 6.45) is 4.00. The van der Waals surface area contributed by atoms with Gasteiger partial charge in [-0.1, -0.05) is 0 Å². The zero-order chi connectivity index (χ0) is 27.8. The smallest absolute Gasteiger partial charge is 0.437 e. The number of halogens is 3. The first kappa shape index (κ1) is 26.5. The van der Waals surface area contributed by atoms with Gasteiger partial charge in [0.05, 0.1) is 29.9 Å². The molecular formula is C27H29F3N8O. The van der Waals surface area contributed by atoms with E-state index in [4.69, 9.17) is 9.84 Å². The van der Waals surface area contributed by atoms with Gasteiger partial charge in [-0.05, 0) is 58.6 Å². The highest BCUT2D eigenvalue weighted by atomic mass is 19.4. The molecule has 39 heavy (non-hydrogen) atoms. The summed E-state index contributed by atoms with van der Waals surface area (Å²) in [5.41, 5.74) is 0.571. The second kappa shape index (κ2) is 10.2. The van der Waals surface area contributed by atoms with Crippen LogP contribution in [0.2, 0.25) is 0 Å². The van der Waals surface area contributed by atoms with Crippen LogP contribution in [-0.2, 0) is 11.7 Å². The van der Waals surface area contributed by atoms with Gasteiger partial charge in [-0.2, -0.15) is 28.6 Å². The lowest BCUT2D eigenvalue weighted by Crippen LogP contribution is -2.27. The van der Waals surface area contributed by atoms with Crippen LogP contribution in [0.3, 0.4) is 0 Å². The second-order valence-electron chi connectivity index (χ2n) is 10.2. The van der Waals surface area contributed by atoms with Crippen molar-refractivity contribution in [2.24, 2.45) is 0 Å². The van der Waals surface area contributed by atoms with E-state index in [0.29, 0.717) is 37.9 Å². The quantitative estimate of drug-likeness (QED) is 0.309. The van der Waals surface area contributed by atoms with Crippen molar-refractivity contribution in [1.82, 2.24) is 29.5 Å². The molecule has 0 radical (unpaired) electrons. The van der Waals surface area contributed by atoms with Crippen molar-refractivity contribution in [1.29, 1.82) is 5.26 Å². The maximum Gasteiger partial charge on any atom is 0.437 e. The lowest BCUT2D eigenvalue weighted by atomic mass is 9.93. The Hall–Kier alpha value is -4.14. The zero-order valence-corrected chi connectivity index (χ0v) is 21.9. The van der Waals surface area contributed by atoms with Crippen molar-refractivity contribution < 1.29 is 17.9 Å². The Kier molecular flexibility index (Phi) is 6.92. The van der Waals surface area contributed by atoms with E-state index in [1.807, 2.05) is 23.9 Å². The van der Waals surface area contributed by atoms with Gasteiger partial charge >= 0.3 is 6.18 Å². The average Bonchev–Trinajstić information content (AvgIpc) is 3.55. The highest BCUT2D eigenvalue weighted by Gasteiger charge is 2.37. The van der Waals surface area contributed by atoms with Crippen molar-refractivity contribution >= 4 is 16.7 Å². The number of hydrogen-bond donors (Lipinski definition) is 1. The van der Waals surface area contributed by atoms with Crippen LogP contribution in [0.15, 0.2) is 43.0 Å². The molecule has 4 aromatic rings. The fourth-order valence-electron chi connectivity index (χ4n) is 4.89. The number of nitrogens with zero attached hydrogens (tertiary/aromatic N) is 7. The number of alkyl halides is 3. The first-order valence-corrected chi connectivity index (χ1v) is 12.9. The van der Waals surface area contributed by atoms with E-state index in [-0.39, 0.29) is 17.9 Å². The van der Waals surface area contributed by atoms with Crippen molar-refractivity contribution in [3.8, 4) is 23.1 Å². The number of nitriles is 1. The molecule has 0 unspecified atom stereocenters. The summed E-state index contributed by atoms with van der Waals surface area (Å²) >= 11 is 0. The molecule has 1 aliphatic rings. The summed E-state index contributed by atoms with van der Waals surface area (Å²) in [4.78, 5) is 8.03. The largest absolute Gasteiger partial charge is 0.488 e. The molecule has 1 N–H and O–H groups in total. The molecule has 0 aromatic carbocycles. The molecular weight excluding hydrogens is 509 g/mol. The molecule has 9 nitrogen and oxygen atoms in total. The minimum Gasteiger partial charge on any atom is -0.488 e. The Bertz CT molecular complexity index is 1510. The number of rotatable bonds is 7. The van der Waals surface area contributed by atoms with E-state index in [1.54, 1.807) is 30.9 Å². The van der Waals surface area contributed by atoms with E-state index < -0.39 is 17.4 Å². The number of nitrogens with one attached hydrogen (secondary N) is 1. The van der Waals surface area contributed by atoms with Crippen LogP contribution >= 0.6 is 0 Å². The van der Waals surface area contributed by atoms with E-state index in [0.717, 1.165) is 28.5 Å². The van der Waals surface area contributed by atoms with E-state index in [9.17, 15) is 18.4 Å². The van der Waals surface area contributed by atoms with Crippen LogP contribution in [0.1, 0.15) is 58.2 Å². The minimum absolute atomic E-state index is 0.0274. The normalized spacial score (nSPS) is 18.2. The van der Waals surface area contributed by atoms with Gasteiger partial charge < -0.3 is 10.1 Å². The summed E-state index contributed by atoms with van der Waals surface area (Å²) in [5.74, 6) is 0.492. The standard InChI is InChI=1S/C27H29F3N8O/c1-4-32-23-12-21-20(14-34-23)24(17-13-35-37(15-17)26(2,3)16-31)36-38(21)18-7-9-19(10-8-18)39-22-6-5-11-33-25(22)27(28,29)30/h5-6,11-15,18-19H,4,7-10H2,1-3H3,(H,32,34)/t18-,19+. The monoisotopic (exact) mass is 538 g/mol. The average molecular weight is 539 g/mol. The lowest BCUT2D eigenvalue weighted by molar-refractivity contribution is -0.143. The second-order valence-corrected chi connectivity index (χ2v) is 10.2. The third-order valence-corrected chi connectivity index (χ3v) is 6.97. The van der Waals surface area contributed by atoms with Gasteiger partial charge in [0.2, 0.25) is 0 Å². The topological polar surface area (TPSA) is 106 Å². The van der Waals surface area contributed by atoms with Crippen LogP contribution < -0.4 is 10.1 Å². The van der Waals surface area contributed by atoms with Crippen molar-refractivity contribution in [3.63, 3.8) is 0 Å². The first-order chi connectivity index (χ1) is 18.6. The van der Waals surface area contributed by atoms with Gasteiger partial charge in [0.25, 0.3) is 0 Å². The van der Waals surface area contributed by atoms with Gasteiger partial charge in [-0.15, -0.1) is 0 Å². The minimum atomic E-state index is -4.58. The van der Waals surface area contributed by atoms with Gasteiger partial charge in [-0.25, -0.2) is 9.97 Å². The molecule has 0 spiro atoms. The van der Waals surface area contributed by atoms with Crippen molar-refractivity contribution in [3.05, 3.63) is 48.7 Å². The summed E-state index contributed by atoms with van der Waals surface area (Å²) < 4.78 is 49.5. The maximum atomic E-state index is 13.4. The summed E-state index contributed by atoms with van der Waals surface area (Å²) in [6.45, 7) is 6.28. The molecule has 1 aliphatic carbocycles. The molecule has 12 heteroatoms. The molecule has 0 aliphatic heterocycles. The number of pyridine rings is 2. The number of aromatic nitrogens is 6. The molecule has 1 saturated carbocycles. The number of anilines is 1. The summed E-state index contributed by atoms with van der Waals surface area (Å²) in [7, 11) is 0. The van der Waals surface area contributed by atoms with Gasteiger partial charge in [0.1, 0.15) is 17.1 Å². The summed E-state index contributed by atoms with van der Waals surface area (Å²) in [5, 5.41) is 23.0. The highest BCUT2D eigenvalue weighted by Crippen LogP contribution is 2.39. The maximum absolute atomic E-state index is 13.4. The Morgan fingerprint density at radius 3 is 2.62 bits per heavy atom. The Morgan fingerprint density at radius 2 is 1.92 bits per heavy atom. The molecule has 4 aromatic heterocycles. The fourth-order valence-corrected chi connectivity index (χ4v) is 4.89. The summed E-state index contributed by atoms with van der Waals surface area (Å²) in [6, 6.07) is 7.01. The molecule has 0 saturated heterocycles. The Morgan fingerprint density at radius 1 is 1.15 bits per heavy atom. The van der Waals surface area contributed by atoms with E-state index in [2.05, 4.69) is 26.5 Å². The predicted molar refractivity (Wildman–Crippen MR) is 139 cm³/mol. The third kappa shape index (κ3) is 5.26. The van der Waals surface area contributed by atoms with Crippen molar-refractivity contribution in [2.45, 2.75) is 70.3 Å². The molecule has 0 amide bonds.